The Kier molecular flexibility index (Phi) is 5.87. The number of rotatable bonds is 5. The van der Waals surface area contributed by atoms with E-state index in [-0.39, 0.29) is 5.92 Å². The molecule has 0 aliphatic carbocycles. The third-order valence-electron chi connectivity index (χ3n) is 6.30. The fraction of sp³-hybridized carbons (Fsp3) is 0.267. The third kappa shape index (κ3) is 4.51. The molecule has 0 saturated heterocycles. The second-order valence-electron chi connectivity index (χ2n) is 9.06. The van der Waals surface area contributed by atoms with Crippen molar-refractivity contribution in [3.8, 4) is 0 Å². The molecule has 0 aliphatic heterocycles. The zero-order valence-corrected chi connectivity index (χ0v) is 19.5. The zero-order valence-electron chi connectivity index (χ0n) is 19.5. The predicted octanol–water partition coefficient (Wildman–Crippen LogP) is 7.90. The largest absolute Gasteiger partial charge is 0.465 e. The van der Waals surface area contributed by atoms with E-state index in [1.807, 2.05) is 0 Å². The Morgan fingerprint density at radius 3 is 1.61 bits per heavy atom. The van der Waals surface area contributed by atoms with Crippen molar-refractivity contribution in [1.29, 1.82) is 0 Å². The van der Waals surface area contributed by atoms with Crippen LogP contribution in [0.2, 0.25) is 0 Å². The lowest BCUT2D eigenvalue weighted by atomic mass is 9.83. The molecule has 0 bridgehead atoms. The average Bonchev–Trinajstić information content (AvgIpc) is 3.15. The van der Waals surface area contributed by atoms with E-state index >= 15 is 0 Å². The van der Waals surface area contributed by atoms with Gasteiger partial charge in [-0.3, -0.25) is 0 Å². The normalized spacial score (nSPS) is 11.3. The Hall–Kier alpha value is -3.06. The molecule has 1 heterocycles. The van der Waals surface area contributed by atoms with Crippen LogP contribution in [0.5, 0.6) is 0 Å². The highest BCUT2D eigenvalue weighted by Crippen LogP contribution is 2.37. The minimum Gasteiger partial charge on any atom is -0.465 e. The first kappa shape index (κ1) is 21.2. The topological polar surface area (TPSA) is 13.1 Å². The summed E-state index contributed by atoms with van der Waals surface area (Å²) in [6.07, 6.45) is 0.818. The molecule has 1 heteroatoms. The fourth-order valence-electron chi connectivity index (χ4n) is 4.65. The molecule has 31 heavy (non-hydrogen) atoms. The van der Waals surface area contributed by atoms with Gasteiger partial charge in [0.2, 0.25) is 0 Å². The fourth-order valence-corrected chi connectivity index (χ4v) is 4.65. The maximum absolute atomic E-state index is 6.51. The molecule has 0 saturated carbocycles. The molecule has 158 valence electrons. The number of benzene rings is 3. The minimum absolute atomic E-state index is 0.0917. The van der Waals surface area contributed by atoms with Gasteiger partial charge in [0.05, 0.1) is 5.92 Å². The molecular weight excluding hydrogens is 376 g/mol. The van der Waals surface area contributed by atoms with E-state index in [0.717, 1.165) is 17.9 Å². The van der Waals surface area contributed by atoms with Crippen LogP contribution in [0.4, 0.5) is 0 Å². The van der Waals surface area contributed by atoms with Gasteiger partial charge in [-0.15, -0.1) is 0 Å². The van der Waals surface area contributed by atoms with E-state index in [4.69, 9.17) is 4.42 Å². The van der Waals surface area contributed by atoms with Crippen LogP contribution in [-0.4, -0.2) is 0 Å². The summed E-state index contributed by atoms with van der Waals surface area (Å²) < 4.78 is 6.51. The summed E-state index contributed by atoms with van der Waals surface area (Å²) in [7, 11) is 0. The summed E-state index contributed by atoms with van der Waals surface area (Å²) in [5, 5.41) is 0. The molecule has 4 aromatic rings. The molecule has 0 amide bonds. The molecular formula is C30H32O. The highest BCUT2D eigenvalue weighted by Gasteiger charge is 2.24. The summed E-state index contributed by atoms with van der Waals surface area (Å²) in [5.74, 6) is 2.12. The quantitative estimate of drug-likeness (QED) is 0.327. The SMILES string of the molecule is Cc1ccc(Cc2ccc(C(c3ccc(C)cc3C)c3ccc(C)cc3C)o2)c(C)c1. The summed E-state index contributed by atoms with van der Waals surface area (Å²) in [4.78, 5) is 0. The third-order valence-corrected chi connectivity index (χ3v) is 6.30. The summed E-state index contributed by atoms with van der Waals surface area (Å²) >= 11 is 0. The van der Waals surface area contributed by atoms with Gasteiger partial charge >= 0.3 is 0 Å². The van der Waals surface area contributed by atoms with Gasteiger partial charge in [-0.2, -0.15) is 0 Å². The molecule has 0 unspecified atom stereocenters. The van der Waals surface area contributed by atoms with Gasteiger partial charge in [-0.25, -0.2) is 0 Å². The van der Waals surface area contributed by atoms with Crippen LogP contribution in [0.25, 0.3) is 0 Å². The molecule has 4 rings (SSSR count). The molecule has 0 radical (unpaired) electrons. The standard InChI is InChI=1S/C30H32O/c1-19-7-10-25(22(4)15-19)18-26-11-14-29(31-26)30(27-12-8-20(2)16-23(27)5)28-13-9-21(3)17-24(28)6/h7-17,30H,18H2,1-6H3. The molecule has 0 atom stereocenters. The van der Waals surface area contributed by atoms with E-state index in [1.54, 1.807) is 0 Å². The van der Waals surface area contributed by atoms with Crippen LogP contribution in [0, 0.1) is 41.5 Å². The van der Waals surface area contributed by atoms with Crippen molar-refractivity contribution in [2.24, 2.45) is 0 Å². The summed E-state index contributed by atoms with van der Waals surface area (Å²) in [6, 6.07) is 24.4. The van der Waals surface area contributed by atoms with Crippen molar-refractivity contribution < 1.29 is 4.42 Å². The van der Waals surface area contributed by atoms with Crippen LogP contribution in [0.3, 0.4) is 0 Å². The van der Waals surface area contributed by atoms with Crippen molar-refractivity contribution in [3.05, 3.63) is 128 Å². The van der Waals surface area contributed by atoms with E-state index in [1.165, 1.54) is 50.1 Å². The number of aryl methyl sites for hydroxylation is 6. The zero-order chi connectivity index (χ0) is 22.1. The van der Waals surface area contributed by atoms with Gasteiger partial charge in [0.15, 0.2) is 0 Å². The summed E-state index contributed by atoms with van der Waals surface area (Å²) in [6.45, 7) is 13.0. The van der Waals surface area contributed by atoms with Gasteiger partial charge < -0.3 is 4.42 Å². The van der Waals surface area contributed by atoms with E-state index in [0.29, 0.717) is 0 Å². The Morgan fingerprint density at radius 1 is 0.581 bits per heavy atom. The van der Waals surface area contributed by atoms with Crippen LogP contribution < -0.4 is 0 Å². The minimum atomic E-state index is 0.0917. The van der Waals surface area contributed by atoms with Gasteiger partial charge in [-0.1, -0.05) is 71.3 Å². The first-order valence-electron chi connectivity index (χ1n) is 11.1. The molecule has 1 nitrogen and oxygen atoms in total. The maximum atomic E-state index is 6.51. The van der Waals surface area contributed by atoms with Gasteiger partial charge in [0.25, 0.3) is 0 Å². The smallest absolute Gasteiger partial charge is 0.116 e. The van der Waals surface area contributed by atoms with Crippen molar-refractivity contribution in [3.63, 3.8) is 0 Å². The Morgan fingerprint density at radius 2 is 1.10 bits per heavy atom. The second-order valence-corrected chi connectivity index (χ2v) is 9.06. The predicted molar refractivity (Wildman–Crippen MR) is 130 cm³/mol. The van der Waals surface area contributed by atoms with Crippen molar-refractivity contribution in [2.45, 2.75) is 53.9 Å². The monoisotopic (exact) mass is 408 g/mol. The lowest BCUT2D eigenvalue weighted by Crippen LogP contribution is -2.07. The Labute approximate surface area is 186 Å². The lowest BCUT2D eigenvalue weighted by Gasteiger charge is -2.21. The maximum Gasteiger partial charge on any atom is 0.116 e. The van der Waals surface area contributed by atoms with Crippen LogP contribution in [0.15, 0.2) is 71.1 Å². The van der Waals surface area contributed by atoms with E-state index in [9.17, 15) is 0 Å². The van der Waals surface area contributed by atoms with E-state index < -0.39 is 0 Å². The van der Waals surface area contributed by atoms with Crippen LogP contribution in [-0.2, 0) is 6.42 Å². The van der Waals surface area contributed by atoms with Gasteiger partial charge in [-0.05, 0) is 87.1 Å². The van der Waals surface area contributed by atoms with E-state index in [2.05, 4.69) is 108 Å². The Balaban J connectivity index is 1.77. The highest BCUT2D eigenvalue weighted by molar-refractivity contribution is 5.48. The molecule has 0 spiro atoms. The molecule has 1 aromatic heterocycles. The molecule has 0 aliphatic rings. The highest BCUT2D eigenvalue weighted by atomic mass is 16.3. The lowest BCUT2D eigenvalue weighted by molar-refractivity contribution is 0.467. The van der Waals surface area contributed by atoms with Gasteiger partial charge in [0.1, 0.15) is 11.5 Å². The number of hydrogen-bond donors (Lipinski definition) is 0. The molecule has 3 aromatic carbocycles. The number of hydrogen-bond acceptors (Lipinski definition) is 1. The first-order valence-corrected chi connectivity index (χ1v) is 11.1. The van der Waals surface area contributed by atoms with Crippen molar-refractivity contribution in [2.75, 3.05) is 0 Å². The van der Waals surface area contributed by atoms with Crippen LogP contribution in [0.1, 0.15) is 67.5 Å². The average molecular weight is 409 g/mol. The molecule has 0 fully saturated rings. The molecule has 0 N–H and O–H groups in total. The Bertz CT molecular complexity index is 1170. The second kappa shape index (κ2) is 8.59. The van der Waals surface area contributed by atoms with Crippen molar-refractivity contribution in [1.82, 2.24) is 0 Å². The summed E-state index contributed by atoms with van der Waals surface area (Å²) in [5.41, 5.74) is 11.7. The first-order chi connectivity index (χ1) is 14.8. The van der Waals surface area contributed by atoms with Crippen molar-refractivity contribution >= 4 is 0 Å². The van der Waals surface area contributed by atoms with Crippen LogP contribution >= 0.6 is 0 Å². The van der Waals surface area contributed by atoms with Gasteiger partial charge in [0, 0.05) is 6.42 Å². The number of furan rings is 1.